The molecule has 9 heteroatoms. The number of amides is 2. The second-order valence-electron chi connectivity index (χ2n) is 5.87. The van der Waals surface area contributed by atoms with Crippen LogP contribution in [0.1, 0.15) is 30.1 Å². The van der Waals surface area contributed by atoms with E-state index in [9.17, 15) is 9.59 Å². The Kier molecular flexibility index (Phi) is 7.66. The fourth-order valence-electron chi connectivity index (χ4n) is 2.62. The Hall–Kier alpha value is -2.84. The molecule has 1 saturated heterocycles. The summed E-state index contributed by atoms with van der Waals surface area (Å²) in [6, 6.07) is 3.58. The van der Waals surface area contributed by atoms with Crippen molar-refractivity contribution in [2.45, 2.75) is 25.8 Å². The van der Waals surface area contributed by atoms with E-state index in [1.807, 2.05) is 0 Å². The number of nitrogens with one attached hydrogen (secondary N) is 2. The molecule has 4 N–H and O–H groups in total. The van der Waals surface area contributed by atoms with Crippen molar-refractivity contribution in [3.63, 3.8) is 0 Å². The van der Waals surface area contributed by atoms with Gasteiger partial charge in [-0.05, 0) is 31.9 Å². The van der Waals surface area contributed by atoms with Crippen molar-refractivity contribution in [2.75, 3.05) is 32.8 Å². The zero-order valence-corrected chi connectivity index (χ0v) is 15.0. The van der Waals surface area contributed by atoms with Crippen LogP contribution in [-0.2, 0) is 4.74 Å². The van der Waals surface area contributed by atoms with E-state index < -0.39 is 0 Å². The molecule has 0 atom stereocenters. The average Bonchev–Trinajstić information content (AvgIpc) is 2.66. The molecule has 142 valence electrons. The van der Waals surface area contributed by atoms with E-state index in [-0.39, 0.29) is 18.0 Å². The van der Waals surface area contributed by atoms with Crippen molar-refractivity contribution in [1.82, 2.24) is 20.5 Å². The third kappa shape index (κ3) is 6.23. The SMILES string of the molecule is CCOC(=O)N1CCC(NC(N)=NCCNC(=O)c2cccnc2)CC1. The smallest absolute Gasteiger partial charge is 0.409 e. The molecule has 26 heavy (non-hydrogen) atoms. The van der Waals surface area contributed by atoms with Gasteiger partial charge in [-0.2, -0.15) is 0 Å². The quantitative estimate of drug-likeness (QED) is 0.381. The standard InChI is InChI=1S/C17H26N6O3/c1-2-26-17(25)23-10-5-14(6-11-23)22-16(18)21-9-8-20-15(24)13-4-3-7-19-12-13/h3-4,7,12,14H,2,5-6,8-11H2,1H3,(H,20,24)(H3,18,21,22). The number of likely N-dealkylation sites (tertiary alicyclic amines) is 1. The van der Waals surface area contributed by atoms with Crippen molar-refractivity contribution < 1.29 is 14.3 Å². The van der Waals surface area contributed by atoms with Crippen molar-refractivity contribution >= 4 is 18.0 Å². The zero-order chi connectivity index (χ0) is 18.8. The molecular weight excluding hydrogens is 336 g/mol. The highest BCUT2D eigenvalue weighted by atomic mass is 16.6. The van der Waals surface area contributed by atoms with Crippen molar-refractivity contribution in [1.29, 1.82) is 0 Å². The lowest BCUT2D eigenvalue weighted by Gasteiger charge is -2.31. The molecule has 1 aromatic heterocycles. The van der Waals surface area contributed by atoms with E-state index in [1.54, 1.807) is 30.2 Å². The monoisotopic (exact) mass is 362 g/mol. The minimum atomic E-state index is -0.267. The number of hydrogen-bond donors (Lipinski definition) is 3. The normalized spacial score (nSPS) is 15.4. The number of pyridine rings is 1. The molecule has 1 aromatic rings. The highest BCUT2D eigenvalue weighted by molar-refractivity contribution is 5.93. The molecule has 0 spiro atoms. The van der Waals surface area contributed by atoms with E-state index in [2.05, 4.69) is 20.6 Å². The van der Waals surface area contributed by atoms with Gasteiger partial charge in [-0.15, -0.1) is 0 Å². The maximum atomic E-state index is 11.8. The summed E-state index contributed by atoms with van der Waals surface area (Å²) in [7, 11) is 0. The largest absolute Gasteiger partial charge is 0.450 e. The summed E-state index contributed by atoms with van der Waals surface area (Å²) in [4.78, 5) is 33.3. The number of aliphatic imine (C=N–C) groups is 1. The zero-order valence-electron chi connectivity index (χ0n) is 15.0. The van der Waals surface area contributed by atoms with E-state index in [1.165, 1.54) is 6.20 Å². The Morgan fingerprint density at radius 1 is 1.42 bits per heavy atom. The van der Waals surface area contributed by atoms with Crippen LogP contribution in [0.2, 0.25) is 0 Å². The van der Waals surface area contributed by atoms with Gasteiger partial charge in [0, 0.05) is 38.1 Å². The maximum Gasteiger partial charge on any atom is 0.409 e. The first kappa shape index (κ1) is 19.5. The Balaban J connectivity index is 1.64. The molecule has 2 heterocycles. The number of carbonyl (C=O) groups excluding carboxylic acids is 2. The lowest BCUT2D eigenvalue weighted by Crippen LogP contribution is -2.48. The first-order valence-electron chi connectivity index (χ1n) is 8.76. The number of nitrogens with two attached hydrogens (primary N) is 1. The van der Waals surface area contributed by atoms with Gasteiger partial charge >= 0.3 is 6.09 Å². The number of ether oxygens (including phenoxy) is 1. The van der Waals surface area contributed by atoms with E-state index in [0.29, 0.717) is 44.3 Å². The Labute approximate surface area is 153 Å². The predicted molar refractivity (Wildman–Crippen MR) is 97.8 cm³/mol. The molecule has 0 saturated carbocycles. The molecule has 2 amide bonds. The second-order valence-corrected chi connectivity index (χ2v) is 5.87. The van der Waals surface area contributed by atoms with Gasteiger partial charge < -0.3 is 26.0 Å². The highest BCUT2D eigenvalue weighted by Gasteiger charge is 2.23. The Morgan fingerprint density at radius 3 is 2.85 bits per heavy atom. The molecule has 0 bridgehead atoms. The summed E-state index contributed by atoms with van der Waals surface area (Å²) in [6.45, 7) is 4.20. The molecule has 1 aliphatic rings. The van der Waals surface area contributed by atoms with Crippen LogP contribution in [0.25, 0.3) is 0 Å². The summed E-state index contributed by atoms with van der Waals surface area (Å²) in [5.41, 5.74) is 6.40. The minimum absolute atomic E-state index is 0.175. The van der Waals surface area contributed by atoms with Crippen LogP contribution in [0.5, 0.6) is 0 Å². The highest BCUT2D eigenvalue weighted by Crippen LogP contribution is 2.11. The average molecular weight is 362 g/mol. The molecule has 0 radical (unpaired) electrons. The van der Waals surface area contributed by atoms with Crippen LogP contribution in [0.15, 0.2) is 29.5 Å². The molecule has 0 unspecified atom stereocenters. The third-order valence-corrected chi connectivity index (χ3v) is 3.98. The summed E-state index contributed by atoms with van der Waals surface area (Å²) < 4.78 is 4.99. The van der Waals surface area contributed by atoms with E-state index in [4.69, 9.17) is 10.5 Å². The molecule has 1 aliphatic heterocycles. The fraction of sp³-hybridized carbons (Fsp3) is 0.529. The van der Waals surface area contributed by atoms with Crippen LogP contribution in [-0.4, -0.2) is 66.7 Å². The number of carbonyl (C=O) groups is 2. The van der Waals surface area contributed by atoms with Gasteiger partial charge in [0.1, 0.15) is 0 Å². The van der Waals surface area contributed by atoms with Gasteiger partial charge in [-0.3, -0.25) is 14.8 Å². The van der Waals surface area contributed by atoms with Crippen molar-refractivity contribution in [2.24, 2.45) is 10.7 Å². The van der Waals surface area contributed by atoms with Gasteiger partial charge in [0.2, 0.25) is 0 Å². The maximum absolute atomic E-state index is 11.8. The van der Waals surface area contributed by atoms with Gasteiger partial charge in [0.05, 0.1) is 18.7 Å². The first-order valence-corrected chi connectivity index (χ1v) is 8.76. The summed E-state index contributed by atoms with van der Waals surface area (Å²) in [5, 5.41) is 5.92. The number of piperidine rings is 1. The van der Waals surface area contributed by atoms with E-state index >= 15 is 0 Å². The Bertz CT molecular complexity index is 614. The number of rotatable bonds is 6. The number of nitrogens with zero attached hydrogens (tertiary/aromatic N) is 3. The lowest BCUT2D eigenvalue weighted by atomic mass is 10.1. The van der Waals surface area contributed by atoms with Crippen molar-refractivity contribution in [3.8, 4) is 0 Å². The molecule has 2 rings (SSSR count). The van der Waals surface area contributed by atoms with E-state index in [0.717, 1.165) is 12.8 Å². The summed E-state index contributed by atoms with van der Waals surface area (Å²) >= 11 is 0. The Morgan fingerprint density at radius 2 is 2.19 bits per heavy atom. The molecule has 0 aromatic carbocycles. The number of aromatic nitrogens is 1. The van der Waals surface area contributed by atoms with Gasteiger partial charge in [0.15, 0.2) is 5.96 Å². The topological polar surface area (TPSA) is 122 Å². The minimum Gasteiger partial charge on any atom is -0.450 e. The second kappa shape index (κ2) is 10.2. The van der Waals surface area contributed by atoms with Gasteiger partial charge in [-0.25, -0.2) is 4.79 Å². The summed E-state index contributed by atoms with van der Waals surface area (Å²) in [6.07, 6.45) is 4.43. The van der Waals surface area contributed by atoms with Crippen LogP contribution < -0.4 is 16.4 Å². The summed E-state index contributed by atoms with van der Waals surface area (Å²) in [5.74, 6) is 0.154. The molecular formula is C17H26N6O3. The molecule has 0 aliphatic carbocycles. The van der Waals surface area contributed by atoms with Crippen LogP contribution in [0.3, 0.4) is 0 Å². The number of hydrogen-bond acceptors (Lipinski definition) is 5. The van der Waals surface area contributed by atoms with Crippen LogP contribution in [0.4, 0.5) is 4.79 Å². The first-order chi connectivity index (χ1) is 12.6. The predicted octanol–water partition coefficient (Wildman–Crippen LogP) is 0.337. The third-order valence-electron chi connectivity index (χ3n) is 3.98. The van der Waals surface area contributed by atoms with Crippen LogP contribution in [0, 0.1) is 0 Å². The van der Waals surface area contributed by atoms with Crippen molar-refractivity contribution in [3.05, 3.63) is 30.1 Å². The lowest BCUT2D eigenvalue weighted by molar-refractivity contribution is 0.0948. The fourth-order valence-corrected chi connectivity index (χ4v) is 2.62. The molecule has 1 fully saturated rings. The van der Waals surface area contributed by atoms with Crippen LogP contribution >= 0.6 is 0 Å². The van der Waals surface area contributed by atoms with Gasteiger partial charge in [-0.1, -0.05) is 0 Å². The molecule has 9 nitrogen and oxygen atoms in total. The number of guanidine groups is 1. The van der Waals surface area contributed by atoms with Gasteiger partial charge in [0.25, 0.3) is 5.91 Å².